The third-order valence-corrected chi connectivity index (χ3v) is 1.43. The molecule has 13 heavy (non-hydrogen) atoms. The van der Waals surface area contributed by atoms with Crippen LogP contribution in [0.25, 0.3) is 0 Å². The summed E-state index contributed by atoms with van der Waals surface area (Å²) in [5.41, 5.74) is 1.53. The van der Waals surface area contributed by atoms with Crippen LogP contribution in [0.4, 0.5) is 0 Å². The molecule has 0 aromatic carbocycles. The summed E-state index contributed by atoms with van der Waals surface area (Å²) in [6.45, 7) is 11.5. The van der Waals surface area contributed by atoms with Crippen molar-refractivity contribution in [3.63, 3.8) is 0 Å². The molecule has 0 aliphatic carbocycles. The van der Waals surface area contributed by atoms with E-state index in [0.717, 1.165) is 12.0 Å². The highest BCUT2D eigenvalue weighted by Crippen LogP contribution is 2.04. The van der Waals surface area contributed by atoms with Crippen molar-refractivity contribution in [2.45, 2.75) is 34.1 Å². The van der Waals surface area contributed by atoms with Crippen molar-refractivity contribution in [3.05, 3.63) is 23.8 Å². The summed E-state index contributed by atoms with van der Waals surface area (Å²) in [7, 11) is 1.35. The molecule has 0 saturated heterocycles. The highest BCUT2D eigenvalue weighted by atomic mass is 16.5. The number of rotatable bonds is 3. The quantitative estimate of drug-likeness (QED) is 0.383. The summed E-state index contributed by atoms with van der Waals surface area (Å²) in [5.74, 6) is -0.363. The number of esters is 1. The van der Waals surface area contributed by atoms with Crippen molar-refractivity contribution < 1.29 is 9.53 Å². The minimum absolute atomic E-state index is 0.363. The second-order valence-corrected chi connectivity index (χ2v) is 2.36. The molecule has 2 heteroatoms. The summed E-state index contributed by atoms with van der Waals surface area (Å²) in [6.07, 6.45) is 2.67. The van der Waals surface area contributed by atoms with E-state index in [2.05, 4.69) is 11.3 Å². The van der Waals surface area contributed by atoms with E-state index >= 15 is 0 Å². The lowest BCUT2D eigenvalue weighted by molar-refractivity contribution is -0.135. The molecule has 0 rings (SSSR count). The maximum absolute atomic E-state index is 10.8. The number of carbonyl (C=O) groups excluding carboxylic acids is 1. The number of ether oxygens (including phenoxy) is 1. The van der Waals surface area contributed by atoms with Crippen LogP contribution in [0.5, 0.6) is 0 Å². The Hall–Kier alpha value is -1.05. The van der Waals surface area contributed by atoms with Crippen LogP contribution in [0.1, 0.15) is 34.1 Å². The van der Waals surface area contributed by atoms with Crippen molar-refractivity contribution in [3.8, 4) is 0 Å². The van der Waals surface area contributed by atoms with Gasteiger partial charge in [-0.1, -0.05) is 32.9 Å². The van der Waals surface area contributed by atoms with Crippen LogP contribution < -0.4 is 0 Å². The number of hydrogen-bond acceptors (Lipinski definition) is 2. The van der Waals surface area contributed by atoms with Crippen molar-refractivity contribution in [2.24, 2.45) is 0 Å². The van der Waals surface area contributed by atoms with Gasteiger partial charge in [-0.2, -0.15) is 0 Å². The topological polar surface area (TPSA) is 26.3 Å². The van der Waals surface area contributed by atoms with Gasteiger partial charge < -0.3 is 4.74 Å². The predicted molar refractivity (Wildman–Crippen MR) is 56.6 cm³/mol. The van der Waals surface area contributed by atoms with E-state index in [9.17, 15) is 4.79 Å². The fraction of sp³-hybridized carbons (Fsp3) is 0.545. The summed E-state index contributed by atoms with van der Waals surface area (Å²) in [5, 5.41) is 0. The van der Waals surface area contributed by atoms with Gasteiger partial charge in [-0.05, 0) is 19.4 Å². The van der Waals surface area contributed by atoms with Crippen molar-refractivity contribution in [2.75, 3.05) is 7.11 Å². The Balaban J connectivity index is 0. The lowest BCUT2D eigenvalue weighted by Crippen LogP contribution is -2.01. The SMILES string of the molecule is C=C(/C=C(\C)CC)C(=O)OC.CC. The maximum Gasteiger partial charge on any atom is 0.337 e. The molecule has 0 bridgehead atoms. The lowest BCUT2D eigenvalue weighted by atomic mass is 10.1. The van der Waals surface area contributed by atoms with E-state index in [0.29, 0.717) is 5.57 Å². The molecule has 0 atom stereocenters. The first-order chi connectivity index (χ1) is 6.11. The van der Waals surface area contributed by atoms with E-state index in [1.807, 2.05) is 27.7 Å². The van der Waals surface area contributed by atoms with Gasteiger partial charge >= 0.3 is 5.97 Å². The average Bonchev–Trinajstić information content (AvgIpc) is 2.19. The molecule has 0 heterocycles. The maximum atomic E-state index is 10.8. The second-order valence-electron chi connectivity index (χ2n) is 2.36. The van der Waals surface area contributed by atoms with E-state index in [-0.39, 0.29) is 5.97 Å². The highest BCUT2D eigenvalue weighted by molar-refractivity contribution is 5.90. The van der Waals surface area contributed by atoms with Gasteiger partial charge in [-0.25, -0.2) is 4.79 Å². The molecule has 0 N–H and O–H groups in total. The van der Waals surface area contributed by atoms with Gasteiger partial charge in [0, 0.05) is 0 Å². The molecule has 0 aliphatic heterocycles. The van der Waals surface area contributed by atoms with Crippen LogP contribution in [0.15, 0.2) is 23.8 Å². The fourth-order valence-electron chi connectivity index (χ4n) is 0.590. The molecule has 0 aliphatic rings. The normalized spacial score (nSPS) is 9.77. The Morgan fingerprint density at radius 1 is 1.46 bits per heavy atom. The number of carbonyl (C=O) groups is 1. The monoisotopic (exact) mass is 184 g/mol. The van der Waals surface area contributed by atoms with Crippen LogP contribution in [-0.4, -0.2) is 13.1 Å². The molecule has 0 aromatic heterocycles. The van der Waals surface area contributed by atoms with Crippen LogP contribution in [-0.2, 0) is 9.53 Å². The minimum Gasteiger partial charge on any atom is -0.465 e. The molecule has 0 fully saturated rings. The molecular weight excluding hydrogens is 164 g/mol. The Labute approximate surface area is 81.3 Å². The standard InChI is InChI=1S/C9H14O2.C2H6/c1-5-7(2)6-8(3)9(10)11-4;1-2/h6H,3,5H2,1-2,4H3;1-2H3/b7-6+;. The Morgan fingerprint density at radius 2 is 1.92 bits per heavy atom. The van der Waals surface area contributed by atoms with Crippen LogP contribution >= 0.6 is 0 Å². The van der Waals surface area contributed by atoms with Gasteiger partial charge in [0.25, 0.3) is 0 Å². The number of methoxy groups -OCH3 is 1. The highest BCUT2D eigenvalue weighted by Gasteiger charge is 2.01. The number of hydrogen-bond donors (Lipinski definition) is 0. The molecule has 0 saturated carbocycles. The summed E-state index contributed by atoms with van der Waals surface area (Å²) < 4.78 is 4.47. The molecule has 2 nitrogen and oxygen atoms in total. The lowest BCUT2D eigenvalue weighted by Gasteiger charge is -1.98. The smallest absolute Gasteiger partial charge is 0.337 e. The first-order valence-electron chi connectivity index (χ1n) is 4.56. The van der Waals surface area contributed by atoms with Crippen molar-refractivity contribution in [1.29, 1.82) is 0 Å². The van der Waals surface area contributed by atoms with Gasteiger partial charge in [0.2, 0.25) is 0 Å². The molecule has 76 valence electrons. The van der Waals surface area contributed by atoms with Gasteiger partial charge in [0.1, 0.15) is 0 Å². The van der Waals surface area contributed by atoms with E-state index in [1.165, 1.54) is 7.11 Å². The Morgan fingerprint density at radius 3 is 2.23 bits per heavy atom. The van der Waals surface area contributed by atoms with Crippen LogP contribution in [0, 0.1) is 0 Å². The molecule has 0 amide bonds. The van der Waals surface area contributed by atoms with E-state index < -0.39 is 0 Å². The third-order valence-electron chi connectivity index (χ3n) is 1.43. The van der Waals surface area contributed by atoms with E-state index in [4.69, 9.17) is 0 Å². The molecule has 0 spiro atoms. The minimum atomic E-state index is -0.363. The van der Waals surface area contributed by atoms with Crippen molar-refractivity contribution >= 4 is 5.97 Å². The van der Waals surface area contributed by atoms with E-state index in [1.54, 1.807) is 6.08 Å². The first kappa shape index (κ1) is 14.5. The van der Waals surface area contributed by atoms with Gasteiger partial charge in [0.05, 0.1) is 12.7 Å². The zero-order valence-corrected chi connectivity index (χ0v) is 9.31. The van der Waals surface area contributed by atoms with Crippen molar-refractivity contribution in [1.82, 2.24) is 0 Å². The van der Waals surface area contributed by atoms with Crippen LogP contribution in [0.2, 0.25) is 0 Å². The Bertz CT molecular complexity index is 190. The third kappa shape index (κ3) is 7.32. The average molecular weight is 184 g/mol. The summed E-state index contributed by atoms with van der Waals surface area (Å²) in [6, 6.07) is 0. The zero-order chi connectivity index (χ0) is 10.9. The molecular formula is C11H20O2. The predicted octanol–water partition coefficient (Wildman–Crippen LogP) is 3.10. The summed E-state index contributed by atoms with van der Waals surface area (Å²) >= 11 is 0. The van der Waals surface area contributed by atoms with Gasteiger partial charge in [0.15, 0.2) is 0 Å². The first-order valence-corrected chi connectivity index (χ1v) is 4.56. The fourth-order valence-corrected chi connectivity index (χ4v) is 0.590. The Kier molecular flexibility index (Phi) is 10.1. The van der Waals surface area contributed by atoms with Gasteiger partial charge in [-0.3, -0.25) is 0 Å². The van der Waals surface area contributed by atoms with Gasteiger partial charge in [-0.15, -0.1) is 0 Å². The second kappa shape index (κ2) is 9.04. The molecule has 0 unspecified atom stereocenters. The molecule has 0 radical (unpaired) electrons. The van der Waals surface area contributed by atoms with Crippen LogP contribution in [0.3, 0.4) is 0 Å². The number of allylic oxidation sites excluding steroid dienone is 1. The largest absolute Gasteiger partial charge is 0.465 e. The molecule has 0 aromatic rings. The summed E-state index contributed by atoms with van der Waals surface area (Å²) in [4.78, 5) is 10.8. The zero-order valence-electron chi connectivity index (χ0n) is 9.31.